The molecule has 0 aliphatic heterocycles. The molecule has 7 nitrogen and oxygen atoms in total. The maximum atomic E-state index is 8.56. The minimum atomic E-state index is 0.411. The number of hydrogen-bond acceptors (Lipinski definition) is 7. The molecule has 0 saturated heterocycles. The van der Waals surface area contributed by atoms with Crippen molar-refractivity contribution in [3.8, 4) is 6.19 Å². The summed E-state index contributed by atoms with van der Waals surface area (Å²) in [6, 6.07) is 0. The molecule has 0 fully saturated rings. The van der Waals surface area contributed by atoms with E-state index in [0.717, 1.165) is 35.8 Å². The number of unbranched alkanes of at least 4 members (excludes halogenated alkanes) is 1. The molecule has 0 radical (unpaired) electrons. The van der Waals surface area contributed by atoms with E-state index in [-0.39, 0.29) is 0 Å². The third-order valence-corrected chi connectivity index (χ3v) is 4.83. The molecule has 1 aromatic heterocycles. The molecule has 4 N–H and O–H groups in total. The maximum absolute atomic E-state index is 8.56. The van der Waals surface area contributed by atoms with Gasteiger partial charge in [-0.25, -0.2) is 4.98 Å². The van der Waals surface area contributed by atoms with Gasteiger partial charge in [-0.05, 0) is 31.8 Å². The van der Waals surface area contributed by atoms with E-state index in [2.05, 4.69) is 25.6 Å². The molecule has 0 aliphatic rings. The molecule has 0 aromatic carbocycles. The van der Waals surface area contributed by atoms with E-state index in [1.54, 1.807) is 11.8 Å². The summed E-state index contributed by atoms with van der Waals surface area (Å²) in [5.74, 6) is 1.37. The molecule has 10 heteroatoms. The van der Waals surface area contributed by atoms with Crippen LogP contribution in [-0.4, -0.2) is 47.5 Å². The van der Waals surface area contributed by atoms with Gasteiger partial charge in [-0.15, -0.1) is 11.3 Å². The number of guanidine groups is 1. The highest BCUT2D eigenvalue weighted by Crippen LogP contribution is 2.16. The number of amidine groups is 1. The zero-order valence-corrected chi connectivity index (χ0v) is 16.4. The summed E-state index contributed by atoms with van der Waals surface area (Å²) in [6.07, 6.45) is 8.67. The van der Waals surface area contributed by atoms with Crippen molar-refractivity contribution in [2.24, 2.45) is 15.7 Å². The van der Waals surface area contributed by atoms with Gasteiger partial charge in [-0.2, -0.15) is 17.0 Å². The van der Waals surface area contributed by atoms with Crippen molar-refractivity contribution in [3.05, 3.63) is 11.1 Å². The first-order chi connectivity index (χ1) is 11.7. The predicted octanol–water partition coefficient (Wildman–Crippen LogP) is 2.35. The molecule has 1 rings (SSSR count). The third-order valence-electron chi connectivity index (χ3n) is 2.82. The first-order valence-electron chi connectivity index (χ1n) is 7.43. The molecule has 0 amide bonds. The number of nitrogens with zero attached hydrogens (tertiary/aromatic N) is 4. The summed E-state index contributed by atoms with van der Waals surface area (Å²) < 4.78 is 0. The molecule has 0 unspecified atom stereocenters. The van der Waals surface area contributed by atoms with E-state index in [4.69, 9.17) is 11.0 Å². The number of thioether (sulfide) groups is 2. The Balaban J connectivity index is 2.29. The van der Waals surface area contributed by atoms with E-state index < -0.39 is 0 Å². The summed E-state index contributed by atoms with van der Waals surface area (Å²) in [5, 5.41) is 17.6. The lowest BCUT2D eigenvalue weighted by Gasteiger charge is -2.01. The average Bonchev–Trinajstić information content (AvgIpc) is 3.01. The lowest BCUT2D eigenvalue weighted by Crippen LogP contribution is -2.23. The number of thiazole rings is 1. The number of anilines is 1. The summed E-state index contributed by atoms with van der Waals surface area (Å²) in [4.78, 5) is 13.1. The smallest absolute Gasteiger partial charge is 0.194 e. The normalized spacial score (nSPS) is 12.0. The predicted molar refractivity (Wildman–Crippen MR) is 108 cm³/mol. The van der Waals surface area contributed by atoms with E-state index in [1.165, 1.54) is 23.1 Å². The van der Waals surface area contributed by atoms with Crippen LogP contribution in [0.5, 0.6) is 0 Å². The van der Waals surface area contributed by atoms with Crippen LogP contribution in [0.15, 0.2) is 15.4 Å². The quantitative estimate of drug-likeness (QED) is 0.197. The number of rotatable bonds is 9. The highest BCUT2D eigenvalue weighted by atomic mass is 32.2. The summed E-state index contributed by atoms with van der Waals surface area (Å²) in [5.41, 5.74) is 6.86. The summed E-state index contributed by atoms with van der Waals surface area (Å²) in [7, 11) is 0. The van der Waals surface area contributed by atoms with Crippen molar-refractivity contribution < 1.29 is 0 Å². The Morgan fingerprint density at radius 1 is 1.38 bits per heavy atom. The van der Waals surface area contributed by atoms with Crippen molar-refractivity contribution >= 4 is 51.1 Å². The minimum Gasteiger partial charge on any atom is -0.370 e. The van der Waals surface area contributed by atoms with Crippen LogP contribution in [0.25, 0.3) is 0 Å². The SMILES string of the molecule is CSCCN=C(N)Nc1nc(CCCCN=C(NC#N)SC)cs1. The molecule has 24 heavy (non-hydrogen) atoms. The minimum absolute atomic E-state index is 0.411. The fourth-order valence-electron chi connectivity index (χ4n) is 1.69. The second-order valence-corrected chi connectivity index (χ2v) is 7.25. The molecular weight excluding hydrogens is 362 g/mol. The molecule has 0 atom stereocenters. The van der Waals surface area contributed by atoms with Gasteiger partial charge in [0.1, 0.15) is 0 Å². The van der Waals surface area contributed by atoms with E-state index in [1.807, 2.05) is 24.1 Å². The van der Waals surface area contributed by atoms with Gasteiger partial charge >= 0.3 is 0 Å². The van der Waals surface area contributed by atoms with E-state index in [9.17, 15) is 0 Å². The van der Waals surface area contributed by atoms with Gasteiger partial charge in [0.05, 0.1) is 12.2 Å². The van der Waals surface area contributed by atoms with Crippen LogP contribution in [0.2, 0.25) is 0 Å². The molecule has 132 valence electrons. The second kappa shape index (κ2) is 12.9. The van der Waals surface area contributed by atoms with Crippen LogP contribution < -0.4 is 16.4 Å². The summed E-state index contributed by atoms with van der Waals surface area (Å²) >= 11 is 4.71. The Labute approximate surface area is 155 Å². The number of aromatic nitrogens is 1. The maximum Gasteiger partial charge on any atom is 0.194 e. The van der Waals surface area contributed by atoms with Crippen LogP contribution in [0.1, 0.15) is 18.5 Å². The Hall–Kier alpha value is -1.44. The second-order valence-electron chi connectivity index (χ2n) is 4.61. The van der Waals surface area contributed by atoms with Crippen LogP contribution in [0.3, 0.4) is 0 Å². The topological polar surface area (TPSA) is 111 Å². The van der Waals surface area contributed by atoms with Gasteiger partial charge in [-0.3, -0.25) is 15.3 Å². The molecular formula is C14H23N7S3. The number of nitrogens with one attached hydrogen (secondary N) is 2. The van der Waals surface area contributed by atoms with Gasteiger partial charge in [-0.1, -0.05) is 11.8 Å². The van der Waals surface area contributed by atoms with Crippen molar-refractivity contribution in [1.82, 2.24) is 10.3 Å². The Morgan fingerprint density at radius 3 is 2.92 bits per heavy atom. The highest BCUT2D eigenvalue weighted by molar-refractivity contribution is 8.13. The van der Waals surface area contributed by atoms with Crippen LogP contribution >= 0.6 is 34.9 Å². The monoisotopic (exact) mass is 385 g/mol. The molecule has 0 bridgehead atoms. The third kappa shape index (κ3) is 9.00. The van der Waals surface area contributed by atoms with E-state index in [0.29, 0.717) is 24.2 Å². The standard InChI is InChI=1S/C14H23N7S3/c1-22-8-7-17-12(16)21-14-20-11(9-24-14)5-3-4-6-18-13(23-2)19-10-15/h9H,3-8H2,1-2H3,(H,18,19)(H3,16,17,20,21). The van der Waals surface area contributed by atoms with Gasteiger partial charge in [0.25, 0.3) is 0 Å². The Morgan fingerprint density at radius 2 is 2.21 bits per heavy atom. The highest BCUT2D eigenvalue weighted by Gasteiger charge is 2.03. The lowest BCUT2D eigenvalue weighted by molar-refractivity contribution is 0.736. The molecule has 0 aliphatic carbocycles. The number of nitriles is 1. The average molecular weight is 386 g/mol. The first-order valence-corrected chi connectivity index (χ1v) is 10.9. The van der Waals surface area contributed by atoms with Gasteiger partial charge in [0, 0.05) is 17.7 Å². The van der Waals surface area contributed by atoms with Crippen molar-refractivity contribution in [1.29, 1.82) is 5.26 Å². The molecule has 0 spiro atoms. The first kappa shape index (κ1) is 20.6. The number of hydrogen-bond donors (Lipinski definition) is 3. The summed E-state index contributed by atoms with van der Waals surface area (Å²) in [6.45, 7) is 1.41. The zero-order chi connectivity index (χ0) is 17.6. The van der Waals surface area contributed by atoms with Crippen LogP contribution in [0, 0.1) is 11.5 Å². The van der Waals surface area contributed by atoms with Gasteiger partial charge < -0.3 is 11.1 Å². The Kier molecular flexibility index (Phi) is 11.1. The van der Waals surface area contributed by atoms with Gasteiger partial charge in [0.15, 0.2) is 22.5 Å². The fraction of sp³-hybridized carbons (Fsp3) is 0.571. The fourth-order valence-corrected chi connectivity index (χ4v) is 3.08. The lowest BCUT2D eigenvalue weighted by atomic mass is 10.2. The Bertz CT molecular complexity index is 577. The molecule has 1 heterocycles. The zero-order valence-electron chi connectivity index (χ0n) is 13.9. The van der Waals surface area contributed by atoms with Crippen LogP contribution in [0.4, 0.5) is 5.13 Å². The van der Waals surface area contributed by atoms with Crippen molar-refractivity contribution in [2.45, 2.75) is 19.3 Å². The number of aryl methyl sites for hydroxylation is 1. The van der Waals surface area contributed by atoms with Crippen LogP contribution in [-0.2, 0) is 6.42 Å². The number of nitrogens with two attached hydrogens (primary N) is 1. The van der Waals surface area contributed by atoms with Gasteiger partial charge in [0.2, 0.25) is 0 Å². The largest absolute Gasteiger partial charge is 0.370 e. The molecule has 1 aromatic rings. The van der Waals surface area contributed by atoms with Crippen molar-refractivity contribution in [2.75, 3.05) is 36.7 Å². The van der Waals surface area contributed by atoms with Crippen molar-refractivity contribution in [3.63, 3.8) is 0 Å². The molecule has 0 saturated carbocycles. The van der Waals surface area contributed by atoms with E-state index >= 15 is 0 Å². The number of aliphatic imine (C=N–C) groups is 2.